The first kappa shape index (κ1) is 18.8. The van der Waals surface area contributed by atoms with Crippen LogP contribution in [0.5, 0.6) is 16.6 Å². The van der Waals surface area contributed by atoms with Gasteiger partial charge in [-0.1, -0.05) is 29.3 Å². The summed E-state index contributed by atoms with van der Waals surface area (Å²) in [5, 5.41) is 17.6. The number of carbonyl (C=O) groups excluding carboxylic acids is 1. The molecule has 0 radical (unpaired) electrons. The molecule has 1 aliphatic rings. The summed E-state index contributed by atoms with van der Waals surface area (Å²) < 4.78 is 17.4. The van der Waals surface area contributed by atoms with E-state index in [0.717, 1.165) is 27.8 Å². The van der Waals surface area contributed by atoms with Crippen molar-refractivity contribution in [2.24, 2.45) is 0 Å². The molecule has 2 heterocycles. The fraction of sp³-hybridized carbons (Fsp3) is 0.412. The van der Waals surface area contributed by atoms with E-state index < -0.39 is 6.09 Å². The van der Waals surface area contributed by atoms with Gasteiger partial charge in [-0.05, 0) is 24.1 Å². The van der Waals surface area contributed by atoms with Crippen LogP contribution in [0, 0.1) is 0 Å². The summed E-state index contributed by atoms with van der Waals surface area (Å²) in [6.45, 7) is 0. The van der Waals surface area contributed by atoms with Gasteiger partial charge >= 0.3 is 6.09 Å². The van der Waals surface area contributed by atoms with Crippen LogP contribution in [0.25, 0.3) is 10.1 Å². The molecule has 2 N–H and O–H groups in total. The van der Waals surface area contributed by atoms with Gasteiger partial charge in [0.15, 0.2) is 11.5 Å². The van der Waals surface area contributed by atoms with Crippen LogP contribution in [-0.2, 0) is 0 Å². The van der Waals surface area contributed by atoms with Crippen molar-refractivity contribution in [3.05, 3.63) is 12.1 Å². The van der Waals surface area contributed by atoms with Crippen molar-refractivity contribution in [1.82, 2.24) is 20.6 Å². The van der Waals surface area contributed by atoms with Crippen molar-refractivity contribution < 1.29 is 19.0 Å². The molecule has 3 aromatic rings. The lowest BCUT2D eigenvalue weighted by molar-refractivity contribution is 0.215. The molecule has 1 fully saturated rings. The fourth-order valence-electron chi connectivity index (χ4n) is 3.15. The molecule has 1 amide bonds. The van der Waals surface area contributed by atoms with Gasteiger partial charge in [0.05, 0.1) is 19.1 Å². The van der Waals surface area contributed by atoms with Crippen LogP contribution in [0.15, 0.2) is 17.0 Å². The van der Waals surface area contributed by atoms with Crippen LogP contribution in [0.1, 0.15) is 25.7 Å². The van der Waals surface area contributed by atoms with Crippen molar-refractivity contribution in [3.8, 4) is 16.6 Å². The van der Waals surface area contributed by atoms with E-state index in [-0.39, 0.29) is 5.95 Å². The Morgan fingerprint density at radius 2 is 2.00 bits per heavy atom. The third kappa shape index (κ3) is 3.85. The number of hydrogen-bond donors (Lipinski definition) is 2. The molecule has 1 saturated carbocycles. The topological polar surface area (TPSA) is 111 Å². The number of aromatic nitrogens is 4. The van der Waals surface area contributed by atoms with Gasteiger partial charge < -0.3 is 14.2 Å². The minimum atomic E-state index is -0.667. The van der Waals surface area contributed by atoms with Gasteiger partial charge in [0.25, 0.3) is 5.95 Å². The number of H-pyrrole nitrogens is 1. The summed E-state index contributed by atoms with van der Waals surface area (Å²) in [5.41, 5.74) is 0. The number of fused-ring (bicyclic) bond motifs is 1. The number of carbonyl (C=O) groups is 1. The van der Waals surface area contributed by atoms with Gasteiger partial charge in [-0.3, -0.25) is 5.32 Å². The van der Waals surface area contributed by atoms with Crippen molar-refractivity contribution in [1.29, 1.82) is 0 Å². The van der Waals surface area contributed by atoms with Crippen LogP contribution in [0.2, 0.25) is 0 Å². The van der Waals surface area contributed by atoms with Crippen LogP contribution < -0.4 is 19.5 Å². The fourth-order valence-corrected chi connectivity index (χ4v) is 5.77. The SMILES string of the molecule is COc1cc2sc(OC(=O)Nc3nn[nH]n3)c(SC3CCCC3)c2cc1OC. The zero-order valence-electron chi connectivity index (χ0n) is 15.4. The average Bonchev–Trinajstić information content (AvgIpc) is 3.44. The quantitative estimate of drug-likeness (QED) is 0.612. The number of tetrazole rings is 1. The molecule has 2 aromatic heterocycles. The predicted octanol–water partition coefficient (Wildman–Crippen LogP) is 4.08. The molecule has 1 aliphatic carbocycles. The van der Waals surface area contributed by atoms with Crippen LogP contribution in [-0.4, -0.2) is 46.2 Å². The average molecular weight is 422 g/mol. The summed E-state index contributed by atoms with van der Waals surface area (Å²) in [5.74, 6) is 1.33. The zero-order chi connectivity index (χ0) is 19.5. The van der Waals surface area contributed by atoms with Crippen LogP contribution in [0.3, 0.4) is 0 Å². The number of thiophene rings is 1. The van der Waals surface area contributed by atoms with E-state index in [9.17, 15) is 4.79 Å². The lowest BCUT2D eigenvalue weighted by Gasteiger charge is -2.11. The maximum Gasteiger partial charge on any atom is 0.420 e. The molecule has 28 heavy (non-hydrogen) atoms. The van der Waals surface area contributed by atoms with E-state index in [2.05, 4.69) is 25.9 Å². The molecule has 0 unspecified atom stereocenters. The monoisotopic (exact) mass is 421 g/mol. The number of thioether (sulfide) groups is 1. The third-order valence-corrected chi connectivity index (χ3v) is 7.06. The molecule has 0 bridgehead atoms. The summed E-state index contributed by atoms with van der Waals surface area (Å²) in [6, 6.07) is 3.84. The number of methoxy groups -OCH3 is 2. The maximum absolute atomic E-state index is 12.3. The van der Waals surface area contributed by atoms with E-state index in [1.165, 1.54) is 24.2 Å². The Bertz CT molecular complexity index is 970. The summed E-state index contributed by atoms with van der Waals surface area (Å²) in [4.78, 5) is 13.2. The second-order valence-electron chi connectivity index (χ2n) is 6.20. The Morgan fingerprint density at radius 1 is 1.25 bits per heavy atom. The third-order valence-electron chi connectivity index (χ3n) is 4.45. The molecule has 0 aliphatic heterocycles. The van der Waals surface area contributed by atoms with Crippen molar-refractivity contribution >= 4 is 45.2 Å². The first-order valence-corrected chi connectivity index (χ1v) is 10.4. The smallest absolute Gasteiger partial charge is 0.420 e. The predicted molar refractivity (Wildman–Crippen MR) is 107 cm³/mol. The van der Waals surface area contributed by atoms with E-state index >= 15 is 0 Å². The molecule has 11 heteroatoms. The molecule has 148 valence electrons. The van der Waals surface area contributed by atoms with Crippen LogP contribution >= 0.6 is 23.1 Å². The minimum absolute atomic E-state index is 0.0550. The summed E-state index contributed by atoms with van der Waals surface area (Å²) in [6.07, 6.45) is 4.10. The van der Waals surface area contributed by atoms with Gasteiger partial charge in [-0.25, -0.2) is 4.79 Å². The first-order valence-electron chi connectivity index (χ1n) is 8.75. The molecule has 0 atom stereocenters. The van der Waals surface area contributed by atoms with E-state index in [4.69, 9.17) is 14.2 Å². The molecule has 1 aromatic carbocycles. The molecule has 4 rings (SSSR count). The summed E-state index contributed by atoms with van der Waals surface area (Å²) in [7, 11) is 3.21. The highest BCUT2D eigenvalue weighted by Crippen LogP contribution is 2.50. The number of nitrogens with one attached hydrogen (secondary N) is 2. The maximum atomic E-state index is 12.3. The number of ether oxygens (including phenoxy) is 3. The number of rotatable bonds is 6. The second kappa shape index (κ2) is 8.23. The standard InChI is InChI=1S/C17H19N5O4S2/c1-24-11-7-10-13(8-12(11)25-2)28-15(14(10)27-9-5-3-4-6-9)26-17(23)18-16-19-21-22-20-16/h7-9H,3-6H2,1-2H3,(H2,18,19,20,21,22,23). The Morgan fingerprint density at radius 3 is 2.68 bits per heavy atom. The molecular weight excluding hydrogens is 402 g/mol. The molecule has 9 nitrogen and oxygen atoms in total. The molecule has 0 spiro atoms. The van der Waals surface area contributed by atoms with Crippen LogP contribution in [0.4, 0.5) is 10.7 Å². The van der Waals surface area contributed by atoms with Crippen molar-refractivity contribution in [3.63, 3.8) is 0 Å². The van der Waals surface area contributed by atoms with E-state index in [0.29, 0.717) is 21.8 Å². The Labute approximate surface area is 169 Å². The van der Waals surface area contributed by atoms with Gasteiger partial charge in [0.1, 0.15) is 0 Å². The largest absolute Gasteiger partial charge is 0.493 e. The Kier molecular flexibility index (Phi) is 5.53. The number of hydrogen-bond acceptors (Lipinski definition) is 9. The van der Waals surface area contributed by atoms with E-state index in [1.54, 1.807) is 26.0 Å². The van der Waals surface area contributed by atoms with Crippen molar-refractivity contribution in [2.75, 3.05) is 19.5 Å². The zero-order valence-corrected chi connectivity index (χ0v) is 17.0. The highest BCUT2D eigenvalue weighted by atomic mass is 32.2. The van der Waals surface area contributed by atoms with Gasteiger partial charge in [0.2, 0.25) is 5.06 Å². The first-order chi connectivity index (χ1) is 13.7. The molecule has 0 saturated heterocycles. The highest BCUT2D eigenvalue weighted by molar-refractivity contribution is 8.00. The summed E-state index contributed by atoms with van der Waals surface area (Å²) >= 11 is 3.15. The number of anilines is 1. The van der Waals surface area contributed by atoms with Gasteiger partial charge in [-0.2, -0.15) is 5.21 Å². The number of aromatic amines is 1. The number of nitrogens with zero attached hydrogens (tertiary/aromatic N) is 3. The Hall–Kier alpha value is -2.53. The van der Waals surface area contributed by atoms with Gasteiger partial charge in [-0.15, -0.1) is 16.9 Å². The highest BCUT2D eigenvalue weighted by Gasteiger charge is 2.25. The molecular formula is C17H19N5O4S2. The normalized spacial score (nSPS) is 14.4. The van der Waals surface area contributed by atoms with E-state index in [1.807, 2.05) is 12.1 Å². The number of amides is 1. The number of benzene rings is 1. The minimum Gasteiger partial charge on any atom is -0.493 e. The lowest BCUT2D eigenvalue weighted by atomic mass is 10.2. The Balaban J connectivity index is 1.69. The lowest BCUT2D eigenvalue weighted by Crippen LogP contribution is -2.17. The van der Waals surface area contributed by atoms with Crippen molar-refractivity contribution in [2.45, 2.75) is 35.8 Å². The second-order valence-corrected chi connectivity index (χ2v) is 8.52. The van der Waals surface area contributed by atoms with Gasteiger partial charge in [0, 0.05) is 21.4 Å².